The molecule has 0 amide bonds. The lowest BCUT2D eigenvalue weighted by Gasteiger charge is -2.35. The van der Waals surface area contributed by atoms with Crippen LogP contribution < -0.4 is 10.2 Å². The molecule has 1 saturated heterocycles. The molecule has 6 heteroatoms. The summed E-state index contributed by atoms with van der Waals surface area (Å²) >= 11 is 0. The first-order valence-corrected chi connectivity index (χ1v) is 7.23. The number of halogens is 1. The number of H-pyrrole nitrogens is 1. The molecule has 1 aliphatic rings. The van der Waals surface area contributed by atoms with E-state index >= 15 is 0 Å². The molecule has 0 bridgehead atoms. The molecule has 112 valence electrons. The molecule has 0 radical (unpaired) electrons. The van der Waals surface area contributed by atoms with Crippen LogP contribution in [-0.4, -0.2) is 40.4 Å². The van der Waals surface area contributed by atoms with Crippen molar-refractivity contribution in [1.82, 2.24) is 20.5 Å². The maximum absolute atomic E-state index is 14.0. The SMILES string of the molecule is Cc1ccc(-c2nc(N3CC(C)NC(C)C3)n[nH]2)c(F)c1. The number of piperazine rings is 1. The fourth-order valence-corrected chi connectivity index (χ4v) is 2.82. The van der Waals surface area contributed by atoms with Crippen molar-refractivity contribution in [2.24, 2.45) is 0 Å². The van der Waals surface area contributed by atoms with E-state index in [0.717, 1.165) is 18.7 Å². The summed E-state index contributed by atoms with van der Waals surface area (Å²) in [5, 5.41) is 10.6. The second-order valence-electron chi connectivity index (χ2n) is 5.84. The van der Waals surface area contributed by atoms with Gasteiger partial charge in [0, 0.05) is 25.2 Å². The van der Waals surface area contributed by atoms with Crippen molar-refractivity contribution >= 4 is 5.95 Å². The summed E-state index contributed by atoms with van der Waals surface area (Å²) < 4.78 is 14.0. The minimum Gasteiger partial charge on any atom is -0.336 e. The summed E-state index contributed by atoms with van der Waals surface area (Å²) in [6.07, 6.45) is 0. The number of aryl methyl sites for hydroxylation is 1. The molecule has 2 unspecified atom stereocenters. The minimum absolute atomic E-state index is 0.278. The van der Waals surface area contributed by atoms with E-state index in [4.69, 9.17) is 0 Å². The zero-order valence-corrected chi connectivity index (χ0v) is 12.5. The lowest BCUT2D eigenvalue weighted by Crippen LogP contribution is -2.54. The largest absolute Gasteiger partial charge is 0.336 e. The monoisotopic (exact) mass is 289 g/mol. The highest BCUT2D eigenvalue weighted by molar-refractivity contribution is 5.57. The first kappa shape index (κ1) is 14.0. The van der Waals surface area contributed by atoms with Gasteiger partial charge in [-0.3, -0.25) is 5.10 Å². The standard InChI is InChI=1S/C15H20FN5/c1-9-4-5-12(13(16)6-9)14-18-15(20-19-14)21-7-10(2)17-11(3)8-21/h4-6,10-11,17H,7-8H2,1-3H3,(H,18,19,20). The van der Waals surface area contributed by atoms with Crippen LogP contribution in [-0.2, 0) is 0 Å². The van der Waals surface area contributed by atoms with E-state index in [1.165, 1.54) is 6.07 Å². The number of benzene rings is 1. The Hall–Kier alpha value is -1.95. The summed E-state index contributed by atoms with van der Waals surface area (Å²) in [5.74, 6) is 0.825. The molecule has 2 atom stereocenters. The maximum Gasteiger partial charge on any atom is 0.245 e. The van der Waals surface area contributed by atoms with Gasteiger partial charge in [-0.05, 0) is 38.5 Å². The summed E-state index contributed by atoms with van der Waals surface area (Å²) in [6.45, 7) is 7.82. The number of nitrogens with zero attached hydrogens (tertiary/aromatic N) is 3. The summed E-state index contributed by atoms with van der Waals surface area (Å²) in [5.41, 5.74) is 1.34. The van der Waals surface area contributed by atoms with E-state index in [1.807, 2.05) is 13.0 Å². The third-order valence-corrected chi connectivity index (χ3v) is 3.69. The zero-order chi connectivity index (χ0) is 15.0. The summed E-state index contributed by atoms with van der Waals surface area (Å²) in [4.78, 5) is 6.58. The van der Waals surface area contributed by atoms with Gasteiger partial charge in [0.15, 0.2) is 5.82 Å². The third-order valence-electron chi connectivity index (χ3n) is 3.69. The van der Waals surface area contributed by atoms with Gasteiger partial charge in [-0.15, -0.1) is 5.10 Å². The highest BCUT2D eigenvalue weighted by Gasteiger charge is 2.24. The van der Waals surface area contributed by atoms with Gasteiger partial charge in [0.05, 0.1) is 5.56 Å². The molecule has 1 fully saturated rings. The van der Waals surface area contributed by atoms with Crippen molar-refractivity contribution in [1.29, 1.82) is 0 Å². The quantitative estimate of drug-likeness (QED) is 0.889. The van der Waals surface area contributed by atoms with Crippen LogP contribution in [0.25, 0.3) is 11.4 Å². The molecule has 1 aromatic carbocycles. The van der Waals surface area contributed by atoms with Crippen molar-refractivity contribution in [2.45, 2.75) is 32.9 Å². The van der Waals surface area contributed by atoms with E-state index in [9.17, 15) is 4.39 Å². The van der Waals surface area contributed by atoms with Crippen molar-refractivity contribution in [3.05, 3.63) is 29.6 Å². The van der Waals surface area contributed by atoms with Crippen LogP contribution in [0, 0.1) is 12.7 Å². The van der Waals surface area contributed by atoms with Gasteiger partial charge in [0.1, 0.15) is 5.82 Å². The van der Waals surface area contributed by atoms with Crippen LogP contribution in [0.4, 0.5) is 10.3 Å². The molecule has 21 heavy (non-hydrogen) atoms. The second-order valence-corrected chi connectivity index (χ2v) is 5.84. The van der Waals surface area contributed by atoms with Crippen molar-refractivity contribution in [3.63, 3.8) is 0 Å². The predicted octanol–water partition coefficient (Wildman–Crippen LogP) is 2.11. The minimum atomic E-state index is -0.278. The molecule has 2 heterocycles. The van der Waals surface area contributed by atoms with Gasteiger partial charge in [0.25, 0.3) is 0 Å². The van der Waals surface area contributed by atoms with Gasteiger partial charge in [0.2, 0.25) is 5.95 Å². The average molecular weight is 289 g/mol. The summed E-state index contributed by atoms with van der Waals surface area (Å²) in [7, 11) is 0. The Bertz CT molecular complexity index is 629. The second kappa shape index (κ2) is 5.44. The summed E-state index contributed by atoms with van der Waals surface area (Å²) in [6, 6.07) is 5.87. The Kier molecular flexibility index (Phi) is 3.63. The van der Waals surface area contributed by atoms with Crippen molar-refractivity contribution in [2.75, 3.05) is 18.0 Å². The smallest absolute Gasteiger partial charge is 0.245 e. The number of nitrogens with one attached hydrogen (secondary N) is 2. The predicted molar refractivity (Wildman–Crippen MR) is 80.8 cm³/mol. The van der Waals surface area contributed by atoms with Gasteiger partial charge < -0.3 is 10.2 Å². The van der Waals surface area contributed by atoms with Crippen molar-refractivity contribution < 1.29 is 4.39 Å². The fourth-order valence-electron chi connectivity index (χ4n) is 2.82. The van der Waals surface area contributed by atoms with Crippen LogP contribution >= 0.6 is 0 Å². The maximum atomic E-state index is 14.0. The molecule has 3 rings (SSSR count). The van der Waals surface area contributed by atoms with Crippen LogP contribution in [0.1, 0.15) is 19.4 Å². The Morgan fingerprint density at radius 1 is 1.24 bits per heavy atom. The highest BCUT2D eigenvalue weighted by atomic mass is 19.1. The van der Waals surface area contributed by atoms with E-state index in [2.05, 4.69) is 39.2 Å². The molecular weight excluding hydrogens is 269 g/mol. The van der Waals surface area contributed by atoms with Crippen LogP contribution in [0.5, 0.6) is 0 Å². The first-order valence-electron chi connectivity index (χ1n) is 7.23. The van der Waals surface area contributed by atoms with Gasteiger partial charge in [-0.2, -0.15) is 4.98 Å². The van der Waals surface area contributed by atoms with Crippen LogP contribution in [0.3, 0.4) is 0 Å². The molecule has 0 spiro atoms. The Labute approximate surface area is 123 Å². The number of anilines is 1. The zero-order valence-electron chi connectivity index (χ0n) is 12.5. The lowest BCUT2D eigenvalue weighted by molar-refractivity contribution is 0.403. The van der Waals surface area contributed by atoms with Gasteiger partial charge in [-0.25, -0.2) is 4.39 Å². The van der Waals surface area contributed by atoms with Crippen LogP contribution in [0.2, 0.25) is 0 Å². The topological polar surface area (TPSA) is 56.8 Å². The molecule has 5 nitrogen and oxygen atoms in total. The number of rotatable bonds is 2. The Morgan fingerprint density at radius 2 is 1.95 bits per heavy atom. The molecule has 2 aromatic rings. The number of aromatic nitrogens is 3. The van der Waals surface area contributed by atoms with E-state index in [0.29, 0.717) is 29.4 Å². The Morgan fingerprint density at radius 3 is 2.62 bits per heavy atom. The van der Waals surface area contributed by atoms with Crippen molar-refractivity contribution in [3.8, 4) is 11.4 Å². The number of aromatic amines is 1. The molecular formula is C15H20FN5. The van der Waals surface area contributed by atoms with Gasteiger partial charge in [-0.1, -0.05) is 6.07 Å². The molecule has 0 saturated carbocycles. The Balaban J connectivity index is 1.86. The highest BCUT2D eigenvalue weighted by Crippen LogP contribution is 2.22. The van der Waals surface area contributed by atoms with E-state index in [-0.39, 0.29) is 5.82 Å². The lowest BCUT2D eigenvalue weighted by atomic mass is 10.1. The molecule has 2 N–H and O–H groups in total. The van der Waals surface area contributed by atoms with Crippen LogP contribution in [0.15, 0.2) is 18.2 Å². The van der Waals surface area contributed by atoms with E-state index < -0.39 is 0 Å². The normalized spacial score (nSPS) is 22.6. The number of hydrogen-bond donors (Lipinski definition) is 2. The molecule has 0 aliphatic carbocycles. The van der Waals surface area contributed by atoms with Gasteiger partial charge >= 0.3 is 0 Å². The third kappa shape index (κ3) is 2.90. The molecule has 1 aliphatic heterocycles. The molecule has 1 aromatic heterocycles. The first-order chi connectivity index (χ1) is 10.0. The van der Waals surface area contributed by atoms with E-state index in [1.54, 1.807) is 6.07 Å². The average Bonchev–Trinajstić information content (AvgIpc) is 2.87. The fraction of sp³-hybridized carbons (Fsp3) is 0.467. The number of hydrogen-bond acceptors (Lipinski definition) is 4.